The zero-order valence-electron chi connectivity index (χ0n) is 25.4. The SMILES string of the molecule is CC(=O)O[C@@H]1CC2=CC=C3[C@@H]4CC[C@H]([C@H](C)SCCCCCC(C)(C)O)[C@@]4(C)CC[C@@H]3[C@@]2(C)[C@@H](OC(C)=O)C1. The molecular formula is C33H52O5S. The maximum Gasteiger partial charge on any atom is 0.302 e. The minimum Gasteiger partial charge on any atom is -0.462 e. The van der Waals surface area contributed by atoms with Crippen LogP contribution in [0.5, 0.6) is 0 Å². The second-order valence-electron chi connectivity index (χ2n) is 13.9. The lowest BCUT2D eigenvalue weighted by Gasteiger charge is -2.57. The van der Waals surface area contributed by atoms with Crippen LogP contribution in [0, 0.1) is 28.6 Å². The van der Waals surface area contributed by atoms with E-state index in [0.29, 0.717) is 34.8 Å². The minimum absolute atomic E-state index is 0.237. The summed E-state index contributed by atoms with van der Waals surface area (Å²) in [5.41, 5.74) is 2.36. The second kappa shape index (κ2) is 11.9. The third-order valence-electron chi connectivity index (χ3n) is 10.7. The predicted molar refractivity (Wildman–Crippen MR) is 158 cm³/mol. The van der Waals surface area contributed by atoms with Crippen molar-refractivity contribution < 1.29 is 24.2 Å². The fourth-order valence-electron chi connectivity index (χ4n) is 8.73. The Hall–Kier alpha value is -1.27. The van der Waals surface area contributed by atoms with Crippen molar-refractivity contribution in [3.8, 4) is 0 Å². The average molecular weight is 561 g/mol. The summed E-state index contributed by atoms with van der Waals surface area (Å²) < 4.78 is 11.6. The van der Waals surface area contributed by atoms with Crippen molar-refractivity contribution in [2.45, 2.75) is 136 Å². The van der Waals surface area contributed by atoms with Gasteiger partial charge in [0.1, 0.15) is 12.2 Å². The zero-order chi connectivity index (χ0) is 28.6. The molecule has 1 N–H and O–H groups in total. The molecule has 0 radical (unpaired) electrons. The third kappa shape index (κ3) is 6.47. The molecular weight excluding hydrogens is 508 g/mol. The molecule has 3 saturated carbocycles. The zero-order valence-corrected chi connectivity index (χ0v) is 26.2. The molecule has 4 aliphatic rings. The molecule has 0 unspecified atom stereocenters. The number of hydrogen-bond acceptors (Lipinski definition) is 6. The van der Waals surface area contributed by atoms with Crippen LogP contribution in [0.2, 0.25) is 0 Å². The first-order chi connectivity index (χ1) is 18.3. The summed E-state index contributed by atoms with van der Waals surface area (Å²) in [6.07, 6.45) is 14.7. The van der Waals surface area contributed by atoms with Gasteiger partial charge in [0, 0.05) is 37.4 Å². The maximum absolute atomic E-state index is 12.2. The van der Waals surface area contributed by atoms with Crippen LogP contribution in [0.4, 0.5) is 0 Å². The van der Waals surface area contributed by atoms with E-state index in [1.165, 1.54) is 57.3 Å². The quantitative estimate of drug-likeness (QED) is 0.222. The number of allylic oxidation sites excluding steroid dienone is 3. The van der Waals surface area contributed by atoms with Crippen LogP contribution in [0.25, 0.3) is 0 Å². The van der Waals surface area contributed by atoms with Crippen LogP contribution in [-0.4, -0.2) is 45.9 Å². The monoisotopic (exact) mass is 560 g/mol. The molecule has 0 spiro atoms. The largest absolute Gasteiger partial charge is 0.462 e. The molecule has 39 heavy (non-hydrogen) atoms. The number of hydrogen-bond donors (Lipinski definition) is 1. The molecule has 0 aliphatic heterocycles. The van der Waals surface area contributed by atoms with Gasteiger partial charge in [-0.1, -0.05) is 56.9 Å². The van der Waals surface area contributed by atoms with E-state index in [0.717, 1.165) is 25.7 Å². The molecule has 0 aromatic rings. The van der Waals surface area contributed by atoms with Crippen LogP contribution < -0.4 is 0 Å². The summed E-state index contributed by atoms with van der Waals surface area (Å²) in [7, 11) is 0. The number of ether oxygens (including phenoxy) is 2. The van der Waals surface area contributed by atoms with Gasteiger partial charge >= 0.3 is 11.9 Å². The number of unbranched alkanes of at least 4 members (excludes halogenated alkanes) is 2. The average Bonchev–Trinajstić information content (AvgIpc) is 3.18. The summed E-state index contributed by atoms with van der Waals surface area (Å²) in [4.78, 5) is 23.9. The molecule has 5 nitrogen and oxygen atoms in total. The molecule has 0 saturated heterocycles. The van der Waals surface area contributed by atoms with Gasteiger partial charge < -0.3 is 14.6 Å². The molecule has 6 heteroatoms. The second-order valence-corrected chi connectivity index (χ2v) is 15.4. The molecule has 0 heterocycles. The summed E-state index contributed by atoms with van der Waals surface area (Å²) in [6, 6.07) is 0. The molecule has 0 aromatic carbocycles. The van der Waals surface area contributed by atoms with Gasteiger partial charge in [0.25, 0.3) is 0 Å². The summed E-state index contributed by atoms with van der Waals surface area (Å²) in [5.74, 6) is 2.34. The number of rotatable bonds is 10. The Labute approximate surface area is 240 Å². The summed E-state index contributed by atoms with van der Waals surface area (Å²) in [6.45, 7) is 14.1. The smallest absolute Gasteiger partial charge is 0.302 e. The van der Waals surface area contributed by atoms with Crippen molar-refractivity contribution in [2.75, 3.05) is 5.75 Å². The van der Waals surface area contributed by atoms with Crippen molar-refractivity contribution in [2.24, 2.45) is 28.6 Å². The van der Waals surface area contributed by atoms with Gasteiger partial charge in [-0.05, 0) is 81.3 Å². The van der Waals surface area contributed by atoms with Crippen LogP contribution in [0.15, 0.2) is 23.3 Å². The standard InChI is InChI=1S/C33H52O5S/c1-21(39-18-10-8-9-16-31(4,5)36)27-13-14-28-26-12-11-24-19-25(37-22(2)34)20-30(38-23(3)35)33(24,7)29(26)15-17-32(27,28)6/h11-12,21,25,27-30,36H,8-10,13-20H2,1-7H3/t21-,25+,27+,28-,29-,30-,32+,33-/m0/s1. The number of thioether (sulfide) groups is 1. The van der Waals surface area contributed by atoms with Crippen molar-refractivity contribution in [3.05, 3.63) is 23.3 Å². The number of aliphatic hydroxyl groups is 1. The molecule has 4 rings (SSSR count). The highest BCUT2D eigenvalue weighted by atomic mass is 32.2. The molecule has 220 valence electrons. The third-order valence-corrected chi connectivity index (χ3v) is 12.1. The highest BCUT2D eigenvalue weighted by Crippen LogP contribution is 2.66. The number of esters is 2. The number of carbonyl (C=O) groups excluding carboxylic acids is 2. The first-order valence-electron chi connectivity index (χ1n) is 15.3. The first-order valence-corrected chi connectivity index (χ1v) is 16.4. The summed E-state index contributed by atoms with van der Waals surface area (Å²) in [5, 5.41) is 10.6. The fraction of sp³-hybridized carbons (Fsp3) is 0.818. The Bertz CT molecular complexity index is 979. The number of fused-ring (bicyclic) bond motifs is 5. The first kappa shape index (κ1) is 30.7. The van der Waals surface area contributed by atoms with Gasteiger partial charge in [-0.3, -0.25) is 9.59 Å². The van der Waals surface area contributed by atoms with E-state index in [4.69, 9.17) is 9.47 Å². The van der Waals surface area contributed by atoms with Gasteiger partial charge in [-0.15, -0.1) is 0 Å². The Morgan fingerprint density at radius 2 is 1.77 bits per heavy atom. The van der Waals surface area contributed by atoms with E-state index >= 15 is 0 Å². The Morgan fingerprint density at radius 1 is 1.05 bits per heavy atom. The predicted octanol–water partition coefficient (Wildman–Crippen LogP) is 7.41. The summed E-state index contributed by atoms with van der Waals surface area (Å²) >= 11 is 2.15. The fourth-order valence-corrected chi connectivity index (χ4v) is 10.2. The lowest BCUT2D eigenvalue weighted by molar-refractivity contribution is -0.165. The van der Waals surface area contributed by atoms with Crippen LogP contribution in [0.1, 0.15) is 113 Å². The topological polar surface area (TPSA) is 72.8 Å². The van der Waals surface area contributed by atoms with Gasteiger partial charge in [0.15, 0.2) is 0 Å². The van der Waals surface area contributed by atoms with E-state index in [1.807, 2.05) is 13.8 Å². The molecule has 0 bridgehead atoms. The van der Waals surface area contributed by atoms with Crippen LogP contribution in [0.3, 0.4) is 0 Å². The maximum atomic E-state index is 12.2. The van der Waals surface area contributed by atoms with Crippen molar-refractivity contribution >= 4 is 23.7 Å². The van der Waals surface area contributed by atoms with E-state index in [1.54, 1.807) is 5.57 Å². The lowest BCUT2D eigenvalue weighted by Crippen LogP contribution is -2.54. The molecule has 0 aromatic heterocycles. The van der Waals surface area contributed by atoms with Gasteiger partial charge in [0.2, 0.25) is 0 Å². The Balaban J connectivity index is 1.46. The molecule has 8 atom stereocenters. The molecule has 3 fully saturated rings. The van der Waals surface area contributed by atoms with Crippen LogP contribution >= 0.6 is 11.8 Å². The van der Waals surface area contributed by atoms with Crippen molar-refractivity contribution in [1.82, 2.24) is 0 Å². The minimum atomic E-state index is -0.548. The van der Waals surface area contributed by atoms with E-state index in [2.05, 4.69) is 44.7 Å². The molecule has 0 amide bonds. The van der Waals surface area contributed by atoms with Gasteiger partial charge in [-0.2, -0.15) is 11.8 Å². The van der Waals surface area contributed by atoms with Gasteiger partial charge in [-0.25, -0.2) is 0 Å². The van der Waals surface area contributed by atoms with Crippen molar-refractivity contribution in [3.63, 3.8) is 0 Å². The normalized spacial score (nSPS) is 36.6. The highest BCUT2D eigenvalue weighted by molar-refractivity contribution is 7.99. The Kier molecular flexibility index (Phi) is 9.38. The van der Waals surface area contributed by atoms with E-state index in [9.17, 15) is 14.7 Å². The number of carbonyl (C=O) groups is 2. The van der Waals surface area contributed by atoms with E-state index in [-0.39, 0.29) is 29.6 Å². The highest BCUT2D eigenvalue weighted by Gasteiger charge is 2.60. The van der Waals surface area contributed by atoms with Gasteiger partial charge in [0.05, 0.1) is 5.60 Å². The van der Waals surface area contributed by atoms with E-state index < -0.39 is 5.60 Å². The molecule has 4 aliphatic carbocycles. The lowest BCUT2D eigenvalue weighted by atomic mass is 9.49. The van der Waals surface area contributed by atoms with Crippen molar-refractivity contribution in [1.29, 1.82) is 0 Å². The Morgan fingerprint density at radius 3 is 2.44 bits per heavy atom. The van der Waals surface area contributed by atoms with Crippen LogP contribution in [-0.2, 0) is 19.1 Å².